The van der Waals surface area contributed by atoms with Crippen LogP contribution in [0.4, 0.5) is 17.2 Å². The number of pyridine rings is 1. The average Bonchev–Trinajstić information content (AvgIpc) is 3.58. The van der Waals surface area contributed by atoms with E-state index in [1.165, 1.54) is 11.1 Å². The number of ether oxygens (including phenoxy) is 2. The second-order valence-electron chi connectivity index (χ2n) is 15.0. The molecular formula is C46H41N3O2Pt. The third-order valence-corrected chi connectivity index (χ3v) is 9.94. The van der Waals surface area contributed by atoms with Crippen LogP contribution in [-0.4, -0.2) is 10.9 Å². The molecule has 0 fully saturated rings. The smallest absolute Gasteiger partial charge is 0.510 e. The standard InChI is InChI=1S/C46H41N3O2.Pt/c1-30-25-33(44-48-42(31-15-9-7-10-16-31)43(51-44)32-17-11-8-12-18-32)27-36(26-30)50-35-21-22-38-40(29-35)49(39-20-14-13-19-37(39)46(38,5)6)41-28-34(23-24-47-41)45(2,3)4;/h7-26,28,42-43H,1-6H3;/q-2;+2/t42-,43-;/m1./s1. The number of para-hydroxylation sites is 1. The molecule has 0 bridgehead atoms. The van der Waals surface area contributed by atoms with Gasteiger partial charge in [-0.25, -0.2) is 4.98 Å². The van der Waals surface area contributed by atoms with E-state index in [-0.39, 0.29) is 44.0 Å². The van der Waals surface area contributed by atoms with Gasteiger partial charge < -0.3 is 14.4 Å². The maximum atomic E-state index is 6.63. The van der Waals surface area contributed by atoms with Crippen LogP contribution in [0.5, 0.6) is 11.5 Å². The molecule has 0 saturated heterocycles. The normalized spacial score (nSPS) is 17.3. The van der Waals surface area contributed by atoms with Gasteiger partial charge in [-0.3, -0.25) is 4.99 Å². The van der Waals surface area contributed by atoms with Gasteiger partial charge >= 0.3 is 21.1 Å². The van der Waals surface area contributed by atoms with Crippen molar-refractivity contribution in [2.24, 2.45) is 4.99 Å². The molecule has 52 heavy (non-hydrogen) atoms. The van der Waals surface area contributed by atoms with Crippen LogP contribution in [0.15, 0.2) is 133 Å². The van der Waals surface area contributed by atoms with Gasteiger partial charge in [0.2, 0.25) is 0 Å². The molecule has 0 amide bonds. The Morgan fingerprint density at radius 2 is 1.44 bits per heavy atom. The second-order valence-corrected chi connectivity index (χ2v) is 15.0. The fraction of sp³-hybridized carbons (Fsp3) is 0.217. The number of hydrogen-bond acceptors (Lipinski definition) is 5. The topological polar surface area (TPSA) is 47.0 Å². The Hall–Kier alpha value is -4.99. The number of aliphatic imine (C=N–C) groups is 1. The molecule has 0 saturated carbocycles. The van der Waals surface area contributed by atoms with Crippen molar-refractivity contribution in [3.8, 4) is 11.5 Å². The third kappa shape index (κ3) is 6.59. The van der Waals surface area contributed by atoms with Gasteiger partial charge in [-0.2, -0.15) is 6.07 Å². The van der Waals surface area contributed by atoms with E-state index < -0.39 is 0 Å². The van der Waals surface area contributed by atoms with Crippen molar-refractivity contribution in [3.63, 3.8) is 0 Å². The fourth-order valence-corrected chi connectivity index (χ4v) is 7.22. The Labute approximate surface area is 321 Å². The average molecular weight is 863 g/mol. The maximum Gasteiger partial charge on any atom is 2.00 e. The van der Waals surface area contributed by atoms with Crippen molar-refractivity contribution >= 4 is 23.1 Å². The zero-order valence-corrected chi connectivity index (χ0v) is 32.5. The van der Waals surface area contributed by atoms with E-state index in [1.54, 1.807) is 0 Å². The summed E-state index contributed by atoms with van der Waals surface area (Å²) in [4.78, 5) is 12.2. The van der Waals surface area contributed by atoms with Crippen molar-refractivity contribution < 1.29 is 30.5 Å². The summed E-state index contributed by atoms with van der Waals surface area (Å²) in [6.45, 7) is 13.3. The Morgan fingerprint density at radius 3 is 2.17 bits per heavy atom. The summed E-state index contributed by atoms with van der Waals surface area (Å²) in [5, 5.41) is 0. The summed E-state index contributed by atoms with van der Waals surface area (Å²) >= 11 is 0. The number of fused-ring (bicyclic) bond motifs is 2. The molecule has 0 spiro atoms. The molecule has 6 aromatic rings. The predicted octanol–water partition coefficient (Wildman–Crippen LogP) is 11.4. The molecule has 0 unspecified atom stereocenters. The van der Waals surface area contributed by atoms with Gasteiger partial charge in [-0.15, -0.1) is 29.3 Å². The molecule has 0 aliphatic carbocycles. The minimum Gasteiger partial charge on any atom is -0.510 e. The Kier molecular flexibility index (Phi) is 9.44. The summed E-state index contributed by atoms with van der Waals surface area (Å²) in [7, 11) is 0. The summed E-state index contributed by atoms with van der Waals surface area (Å²) in [6, 6.07) is 48.6. The summed E-state index contributed by atoms with van der Waals surface area (Å²) in [5.74, 6) is 2.56. The largest absolute Gasteiger partial charge is 2.00 e. The van der Waals surface area contributed by atoms with E-state index in [4.69, 9.17) is 19.5 Å². The van der Waals surface area contributed by atoms with Crippen molar-refractivity contribution in [3.05, 3.63) is 179 Å². The van der Waals surface area contributed by atoms with Crippen LogP contribution in [0.2, 0.25) is 0 Å². The maximum absolute atomic E-state index is 6.63. The van der Waals surface area contributed by atoms with E-state index in [1.807, 2.05) is 60.8 Å². The number of aromatic nitrogens is 1. The zero-order valence-electron chi connectivity index (χ0n) is 30.3. The molecule has 5 nitrogen and oxygen atoms in total. The molecule has 0 N–H and O–H groups in total. The van der Waals surface area contributed by atoms with E-state index in [9.17, 15) is 0 Å². The minimum atomic E-state index is -0.260. The number of rotatable bonds is 6. The van der Waals surface area contributed by atoms with E-state index in [2.05, 4.69) is 125 Å². The number of anilines is 3. The van der Waals surface area contributed by atoms with Gasteiger partial charge in [0.1, 0.15) is 23.9 Å². The quantitative estimate of drug-likeness (QED) is 0.157. The monoisotopic (exact) mass is 862 g/mol. The summed E-state index contributed by atoms with van der Waals surface area (Å²) in [5.41, 5.74) is 9.27. The third-order valence-electron chi connectivity index (χ3n) is 9.94. The molecule has 5 aromatic carbocycles. The van der Waals surface area contributed by atoms with Crippen LogP contribution in [0.25, 0.3) is 0 Å². The van der Waals surface area contributed by atoms with Crippen molar-refractivity contribution in [2.75, 3.05) is 4.90 Å². The summed E-state index contributed by atoms with van der Waals surface area (Å²) in [6.07, 6.45) is 1.65. The first-order chi connectivity index (χ1) is 24.6. The van der Waals surface area contributed by atoms with Crippen LogP contribution in [-0.2, 0) is 36.6 Å². The van der Waals surface area contributed by atoms with Gasteiger partial charge in [-0.05, 0) is 51.3 Å². The first kappa shape index (κ1) is 35.4. The van der Waals surface area contributed by atoms with Crippen LogP contribution in [0.3, 0.4) is 0 Å². The first-order valence-corrected chi connectivity index (χ1v) is 17.6. The molecule has 0 radical (unpaired) electrons. The molecule has 3 heterocycles. The Balaban J connectivity index is 0.00000420. The molecule has 2 atom stereocenters. The second kappa shape index (κ2) is 13.9. The van der Waals surface area contributed by atoms with Gasteiger partial charge in [0.25, 0.3) is 0 Å². The molecule has 8 rings (SSSR count). The van der Waals surface area contributed by atoms with Gasteiger partial charge in [0.15, 0.2) is 0 Å². The zero-order chi connectivity index (χ0) is 35.3. The summed E-state index contributed by atoms with van der Waals surface area (Å²) < 4.78 is 13.2. The van der Waals surface area contributed by atoms with Gasteiger partial charge in [0.05, 0.1) is 0 Å². The fourth-order valence-electron chi connectivity index (χ4n) is 7.22. The van der Waals surface area contributed by atoms with Gasteiger partial charge in [-0.1, -0.05) is 144 Å². The number of aryl methyl sites for hydroxylation is 1. The van der Waals surface area contributed by atoms with Crippen molar-refractivity contribution in [2.45, 2.75) is 64.5 Å². The van der Waals surface area contributed by atoms with Crippen LogP contribution < -0.4 is 9.64 Å². The number of nitrogens with zero attached hydrogens (tertiary/aromatic N) is 3. The first-order valence-electron chi connectivity index (χ1n) is 17.6. The predicted molar refractivity (Wildman–Crippen MR) is 205 cm³/mol. The molecule has 2 aliphatic rings. The van der Waals surface area contributed by atoms with Crippen molar-refractivity contribution in [1.82, 2.24) is 4.98 Å². The molecule has 2 aliphatic heterocycles. The Bertz CT molecular complexity index is 2260. The van der Waals surface area contributed by atoms with Crippen LogP contribution in [0.1, 0.15) is 85.7 Å². The molecule has 262 valence electrons. The SMILES string of the molecule is Cc1cc(Oc2[c-]c3c(cc2)C(C)(C)c2ccccc2N3c2cc(C(C)(C)C)ccn2)[c-]c(C2=N[C@H](c3ccccc3)[C@@H](c3ccccc3)O2)c1.[Pt+2]. The van der Waals surface area contributed by atoms with Crippen LogP contribution >= 0.6 is 0 Å². The number of benzene rings is 5. The van der Waals surface area contributed by atoms with E-state index in [0.717, 1.165) is 45.0 Å². The van der Waals surface area contributed by atoms with E-state index >= 15 is 0 Å². The number of hydrogen-bond donors (Lipinski definition) is 0. The van der Waals surface area contributed by atoms with Crippen molar-refractivity contribution in [1.29, 1.82) is 0 Å². The molecule has 6 heteroatoms. The molecular weight excluding hydrogens is 822 g/mol. The van der Waals surface area contributed by atoms with Crippen LogP contribution in [0, 0.1) is 19.1 Å². The van der Waals surface area contributed by atoms with E-state index in [0.29, 0.717) is 17.4 Å². The molecule has 1 aromatic heterocycles. The van der Waals surface area contributed by atoms with Gasteiger partial charge in [0, 0.05) is 23.4 Å². The Morgan fingerprint density at radius 1 is 0.750 bits per heavy atom. The minimum absolute atomic E-state index is 0.